The van der Waals surface area contributed by atoms with E-state index in [9.17, 15) is 4.79 Å². The minimum absolute atomic E-state index is 0.0568. The van der Waals surface area contributed by atoms with Crippen molar-refractivity contribution in [3.63, 3.8) is 0 Å². The molecule has 1 aromatic carbocycles. The van der Waals surface area contributed by atoms with Gasteiger partial charge in [-0.2, -0.15) is 0 Å². The average molecular weight is 250 g/mol. The van der Waals surface area contributed by atoms with Gasteiger partial charge in [0.15, 0.2) is 0 Å². The van der Waals surface area contributed by atoms with Gasteiger partial charge in [-0.1, -0.05) is 42.5 Å². The van der Waals surface area contributed by atoms with Crippen LogP contribution in [0.1, 0.15) is 25.3 Å². The van der Waals surface area contributed by atoms with Crippen molar-refractivity contribution in [2.75, 3.05) is 7.05 Å². The number of amides is 1. The molecule has 0 aliphatic heterocycles. The SMILES string of the molecule is CC(C)N(C)C(=O)C(C(N)=S)c1ccccc1. The number of rotatable bonds is 4. The van der Waals surface area contributed by atoms with Gasteiger partial charge >= 0.3 is 0 Å². The molecule has 1 unspecified atom stereocenters. The Morgan fingerprint density at radius 3 is 2.24 bits per heavy atom. The third-order valence-electron chi connectivity index (χ3n) is 2.79. The first kappa shape index (κ1) is 13.6. The van der Waals surface area contributed by atoms with Gasteiger partial charge in [0.2, 0.25) is 5.91 Å². The zero-order chi connectivity index (χ0) is 13.0. The van der Waals surface area contributed by atoms with Gasteiger partial charge in [-0.05, 0) is 19.4 Å². The average Bonchev–Trinajstić information content (AvgIpc) is 2.28. The van der Waals surface area contributed by atoms with Crippen LogP contribution in [0.3, 0.4) is 0 Å². The maximum absolute atomic E-state index is 12.3. The van der Waals surface area contributed by atoms with Crippen LogP contribution in [-0.4, -0.2) is 28.9 Å². The molecule has 0 aliphatic carbocycles. The second kappa shape index (κ2) is 5.77. The van der Waals surface area contributed by atoms with E-state index in [1.165, 1.54) is 0 Å². The molecular formula is C13H18N2OS. The van der Waals surface area contributed by atoms with Crippen LogP contribution < -0.4 is 5.73 Å². The molecule has 4 heteroatoms. The molecule has 0 heterocycles. The zero-order valence-corrected chi connectivity index (χ0v) is 11.2. The number of hydrogen-bond acceptors (Lipinski definition) is 2. The second-order valence-electron chi connectivity index (χ2n) is 4.29. The van der Waals surface area contributed by atoms with Gasteiger partial charge in [-0.3, -0.25) is 4.79 Å². The lowest BCUT2D eigenvalue weighted by atomic mass is 9.97. The van der Waals surface area contributed by atoms with E-state index in [2.05, 4.69) is 0 Å². The third kappa shape index (κ3) is 3.27. The van der Waals surface area contributed by atoms with E-state index in [-0.39, 0.29) is 16.9 Å². The van der Waals surface area contributed by atoms with Crippen LogP contribution in [0.2, 0.25) is 0 Å². The molecule has 0 saturated heterocycles. The van der Waals surface area contributed by atoms with Gasteiger partial charge in [0.1, 0.15) is 5.92 Å². The highest BCUT2D eigenvalue weighted by molar-refractivity contribution is 7.80. The summed E-state index contributed by atoms with van der Waals surface area (Å²) in [5.41, 5.74) is 6.54. The predicted molar refractivity (Wildman–Crippen MR) is 73.9 cm³/mol. The molecular weight excluding hydrogens is 232 g/mol. The van der Waals surface area contributed by atoms with Crippen LogP contribution >= 0.6 is 12.2 Å². The summed E-state index contributed by atoms with van der Waals surface area (Å²) in [6.45, 7) is 3.92. The molecule has 2 N–H and O–H groups in total. The molecule has 17 heavy (non-hydrogen) atoms. The highest BCUT2D eigenvalue weighted by atomic mass is 32.1. The molecule has 0 saturated carbocycles. The fourth-order valence-corrected chi connectivity index (χ4v) is 1.77. The van der Waals surface area contributed by atoms with Gasteiger partial charge in [0, 0.05) is 13.1 Å². The van der Waals surface area contributed by atoms with Crippen LogP contribution in [0.4, 0.5) is 0 Å². The number of carbonyl (C=O) groups excluding carboxylic acids is 1. The van der Waals surface area contributed by atoms with E-state index in [1.54, 1.807) is 11.9 Å². The molecule has 0 radical (unpaired) electrons. The lowest BCUT2D eigenvalue weighted by Crippen LogP contribution is -2.40. The number of carbonyl (C=O) groups is 1. The Labute approximate surface area is 108 Å². The van der Waals surface area contributed by atoms with E-state index in [0.717, 1.165) is 5.56 Å². The first-order valence-corrected chi connectivity index (χ1v) is 5.97. The molecule has 0 aliphatic rings. The van der Waals surface area contributed by atoms with E-state index >= 15 is 0 Å². The van der Waals surface area contributed by atoms with Crippen molar-refractivity contribution >= 4 is 23.1 Å². The van der Waals surface area contributed by atoms with Crippen molar-refractivity contribution in [1.29, 1.82) is 0 Å². The normalized spacial score (nSPS) is 12.2. The first-order valence-electron chi connectivity index (χ1n) is 5.56. The molecule has 0 bridgehead atoms. The summed E-state index contributed by atoms with van der Waals surface area (Å²) in [5, 5.41) is 0. The molecule has 1 rings (SSSR count). The molecule has 92 valence electrons. The largest absolute Gasteiger partial charge is 0.392 e. The summed E-state index contributed by atoms with van der Waals surface area (Å²) in [5.74, 6) is -0.586. The maximum Gasteiger partial charge on any atom is 0.236 e. The van der Waals surface area contributed by atoms with Gasteiger partial charge in [0.25, 0.3) is 0 Å². The minimum atomic E-state index is -0.529. The molecule has 1 amide bonds. The summed E-state index contributed by atoms with van der Waals surface area (Å²) in [6.07, 6.45) is 0. The number of nitrogens with two attached hydrogens (primary N) is 1. The van der Waals surface area contributed by atoms with Crippen molar-refractivity contribution in [1.82, 2.24) is 4.90 Å². The Hall–Kier alpha value is -1.42. The van der Waals surface area contributed by atoms with Gasteiger partial charge in [0.05, 0.1) is 4.99 Å². The van der Waals surface area contributed by atoms with Crippen LogP contribution in [0.15, 0.2) is 30.3 Å². The molecule has 0 spiro atoms. The Kier molecular flexibility index (Phi) is 4.63. The fourth-order valence-electron chi connectivity index (χ4n) is 1.53. The lowest BCUT2D eigenvalue weighted by Gasteiger charge is -2.26. The molecule has 1 atom stereocenters. The Morgan fingerprint density at radius 1 is 1.29 bits per heavy atom. The molecule has 1 aromatic rings. The second-order valence-corrected chi connectivity index (χ2v) is 4.76. The number of benzene rings is 1. The summed E-state index contributed by atoms with van der Waals surface area (Å²) >= 11 is 5.01. The summed E-state index contributed by atoms with van der Waals surface area (Å²) in [6, 6.07) is 9.53. The quantitative estimate of drug-likeness (QED) is 0.831. The van der Waals surface area contributed by atoms with Crippen LogP contribution in [0, 0.1) is 0 Å². The van der Waals surface area contributed by atoms with Crippen molar-refractivity contribution in [2.45, 2.75) is 25.8 Å². The van der Waals surface area contributed by atoms with Crippen molar-refractivity contribution in [3.8, 4) is 0 Å². The standard InChI is InChI=1S/C13H18N2OS/c1-9(2)15(3)13(16)11(12(14)17)10-7-5-4-6-8-10/h4-9,11H,1-3H3,(H2,14,17). The smallest absolute Gasteiger partial charge is 0.236 e. The fraction of sp³-hybridized carbons (Fsp3) is 0.385. The van der Waals surface area contributed by atoms with E-state index in [0.29, 0.717) is 0 Å². The number of nitrogens with zero attached hydrogens (tertiary/aromatic N) is 1. The number of hydrogen-bond donors (Lipinski definition) is 1. The highest BCUT2D eigenvalue weighted by Gasteiger charge is 2.27. The van der Waals surface area contributed by atoms with Crippen molar-refractivity contribution < 1.29 is 4.79 Å². The van der Waals surface area contributed by atoms with Crippen molar-refractivity contribution in [3.05, 3.63) is 35.9 Å². The minimum Gasteiger partial charge on any atom is -0.392 e. The summed E-state index contributed by atoms with van der Waals surface area (Å²) < 4.78 is 0. The van der Waals surface area contributed by atoms with E-state index in [4.69, 9.17) is 18.0 Å². The first-order chi connectivity index (χ1) is 7.95. The van der Waals surface area contributed by atoms with Crippen LogP contribution in [-0.2, 0) is 4.79 Å². The number of thiocarbonyl (C=S) groups is 1. The lowest BCUT2D eigenvalue weighted by molar-refractivity contribution is -0.131. The Balaban J connectivity index is 3.03. The monoisotopic (exact) mass is 250 g/mol. The summed E-state index contributed by atoms with van der Waals surface area (Å²) in [7, 11) is 1.77. The van der Waals surface area contributed by atoms with Gasteiger partial charge in [-0.25, -0.2) is 0 Å². The van der Waals surface area contributed by atoms with Crippen LogP contribution in [0.25, 0.3) is 0 Å². The number of likely N-dealkylation sites (N-methyl/N-ethyl adjacent to an activating group) is 1. The molecule has 0 fully saturated rings. The van der Waals surface area contributed by atoms with E-state index in [1.807, 2.05) is 44.2 Å². The van der Waals surface area contributed by atoms with Crippen LogP contribution in [0.5, 0.6) is 0 Å². The Morgan fingerprint density at radius 2 is 1.82 bits per heavy atom. The summed E-state index contributed by atoms with van der Waals surface area (Å²) in [4.78, 5) is 14.2. The van der Waals surface area contributed by atoms with Crippen molar-refractivity contribution in [2.24, 2.45) is 5.73 Å². The molecule has 0 aromatic heterocycles. The van der Waals surface area contributed by atoms with Gasteiger partial charge < -0.3 is 10.6 Å². The zero-order valence-electron chi connectivity index (χ0n) is 10.4. The third-order valence-corrected chi connectivity index (χ3v) is 3.02. The van der Waals surface area contributed by atoms with Gasteiger partial charge in [-0.15, -0.1) is 0 Å². The maximum atomic E-state index is 12.3. The van der Waals surface area contributed by atoms with E-state index < -0.39 is 5.92 Å². The Bertz CT molecular complexity index is 403. The predicted octanol–water partition coefficient (Wildman–Crippen LogP) is 1.92. The topological polar surface area (TPSA) is 46.3 Å². The molecule has 3 nitrogen and oxygen atoms in total. The highest BCUT2D eigenvalue weighted by Crippen LogP contribution is 2.19.